The van der Waals surface area contributed by atoms with E-state index in [1.165, 1.54) is 19.4 Å². The molecule has 2 rings (SSSR count). The SMILES string of the molecule is CNCc1cnc(N2CCC(CN(C)C)CC2)nc1. The molecule has 0 bridgehead atoms. The largest absolute Gasteiger partial charge is 0.341 e. The minimum atomic E-state index is 0.815. The van der Waals surface area contributed by atoms with Crippen LogP contribution in [0, 0.1) is 5.92 Å². The van der Waals surface area contributed by atoms with Gasteiger partial charge in [-0.25, -0.2) is 9.97 Å². The Morgan fingerprint density at radius 1 is 1.26 bits per heavy atom. The zero-order chi connectivity index (χ0) is 13.7. The molecule has 1 fully saturated rings. The Kier molecular flexibility index (Phi) is 5.10. The van der Waals surface area contributed by atoms with Gasteiger partial charge in [-0.1, -0.05) is 0 Å². The van der Waals surface area contributed by atoms with Crippen molar-refractivity contribution in [3.63, 3.8) is 0 Å². The second-order valence-electron chi connectivity index (χ2n) is 5.61. The maximum atomic E-state index is 4.47. The van der Waals surface area contributed by atoms with E-state index in [1.54, 1.807) is 0 Å². The minimum absolute atomic E-state index is 0.815. The number of hydrogen-bond donors (Lipinski definition) is 1. The molecule has 2 heterocycles. The molecule has 0 aromatic carbocycles. The zero-order valence-corrected chi connectivity index (χ0v) is 12.3. The molecular weight excluding hydrogens is 238 g/mol. The molecule has 0 amide bonds. The average molecular weight is 263 g/mol. The number of piperidine rings is 1. The smallest absolute Gasteiger partial charge is 0.225 e. The Hall–Kier alpha value is -1.20. The van der Waals surface area contributed by atoms with Crippen molar-refractivity contribution in [1.29, 1.82) is 0 Å². The first-order valence-electron chi connectivity index (χ1n) is 7.04. The summed E-state index contributed by atoms with van der Waals surface area (Å²) in [6.45, 7) is 4.16. The Labute approximate surface area is 116 Å². The van der Waals surface area contributed by atoms with E-state index in [0.29, 0.717) is 0 Å². The second kappa shape index (κ2) is 6.82. The molecule has 19 heavy (non-hydrogen) atoms. The van der Waals surface area contributed by atoms with E-state index < -0.39 is 0 Å². The number of aromatic nitrogens is 2. The number of nitrogens with zero attached hydrogens (tertiary/aromatic N) is 4. The minimum Gasteiger partial charge on any atom is -0.341 e. The molecule has 0 radical (unpaired) electrons. The van der Waals surface area contributed by atoms with E-state index in [-0.39, 0.29) is 0 Å². The first kappa shape index (κ1) is 14.2. The van der Waals surface area contributed by atoms with Gasteiger partial charge in [-0.2, -0.15) is 0 Å². The summed E-state index contributed by atoms with van der Waals surface area (Å²) in [5.74, 6) is 1.69. The maximum absolute atomic E-state index is 4.47. The summed E-state index contributed by atoms with van der Waals surface area (Å²) < 4.78 is 0. The van der Waals surface area contributed by atoms with Gasteiger partial charge in [-0.3, -0.25) is 0 Å². The number of anilines is 1. The predicted molar refractivity (Wildman–Crippen MR) is 78.3 cm³/mol. The van der Waals surface area contributed by atoms with E-state index in [0.717, 1.165) is 37.1 Å². The fourth-order valence-electron chi connectivity index (χ4n) is 2.64. The monoisotopic (exact) mass is 263 g/mol. The molecule has 0 atom stereocenters. The molecular formula is C14H25N5. The first-order chi connectivity index (χ1) is 9.19. The van der Waals surface area contributed by atoms with Crippen molar-refractivity contribution in [1.82, 2.24) is 20.2 Å². The van der Waals surface area contributed by atoms with Crippen molar-refractivity contribution >= 4 is 5.95 Å². The van der Waals surface area contributed by atoms with Gasteiger partial charge in [0.15, 0.2) is 0 Å². The zero-order valence-electron chi connectivity index (χ0n) is 12.3. The third-order valence-corrected chi connectivity index (χ3v) is 3.59. The Morgan fingerprint density at radius 2 is 1.89 bits per heavy atom. The molecule has 1 aromatic heterocycles. The van der Waals surface area contributed by atoms with E-state index >= 15 is 0 Å². The van der Waals surface area contributed by atoms with Crippen LogP contribution >= 0.6 is 0 Å². The summed E-state index contributed by atoms with van der Waals surface area (Å²) >= 11 is 0. The standard InChI is InChI=1S/C14H25N5/c1-15-8-13-9-16-14(17-10-13)19-6-4-12(5-7-19)11-18(2)3/h9-10,12,15H,4-8,11H2,1-3H3. The van der Waals surface area contributed by atoms with Gasteiger partial charge in [0.1, 0.15) is 0 Å². The highest BCUT2D eigenvalue weighted by atomic mass is 15.2. The van der Waals surface area contributed by atoms with Crippen molar-refractivity contribution in [2.24, 2.45) is 5.92 Å². The molecule has 1 saturated heterocycles. The molecule has 1 aliphatic rings. The van der Waals surface area contributed by atoms with Crippen LogP contribution in [0.1, 0.15) is 18.4 Å². The molecule has 0 spiro atoms. The summed E-state index contributed by atoms with van der Waals surface area (Å²) in [5, 5.41) is 3.11. The van der Waals surface area contributed by atoms with Crippen molar-refractivity contribution in [3.8, 4) is 0 Å². The third kappa shape index (κ3) is 4.14. The third-order valence-electron chi connectivity index (χ3n) is 3.59. The van der Waals surface area contributed by atoms with Gasteiger partial charge in [0.05, 0.1) is 0 Å². The van der Waals surface area contributed by atoms with Crippen LogP contribution < -0.4 is 10.2 Å². The van der Waals surface area contributed by atoms with Gasteiger partial charge in [-0.05, 0) is 39.9 Å². The fraction of sp³-hybridized carbons (Fsp3) is 0.714. The van der Waals surface area contributed by atoms with Gasteiger partial charge in [0, 0.05) is 44.1 Å². The summed E-state index contributed by atoms with van der Waals surface area (Å²) in [6.07, 6.45) is 6.31. The van der Waals surface area contributed by atoms with Crippen molar-refractivity contribution in [2.75, 3.05) is 45.7 Å². The predicted octanol–water partition coefficient (Wildman–Crippen LogP) is 0.974. The molecule has 5 nitrogen and oxygen atoms in total. The summed E-state index contributed by atoms with van der Waals surface area (Å²) in [6, 6.07) is 0. The lowest BCUT2D eigenvalue weighted by Crippen LogP contribution is -2.38. The Balaban J connectivity index is 1.87. The molecule has 0 saturated carbocycles. The normalized spacial score (nSPS) is 17.2. The summed E-state index contributed by atoms with van der Waals surface area (Å²) in [4.78, 5) is 13.5. The van der Waals surface area contributed by atoms with Crippen LogP contribution in [-0.2, 0) is 6.54 Å². The highest BCUT2D eigenvalue weighted by Gasteiger charge is 2.21. The van der Waals surface area contributed by atoms with Crippen LogP contribution in [0.15, 0.2) is 12.4 Å². The van der Waals surface area contributed by atoms with E-state index in [1.807, 2.05) is 19.4 Å². The van der Waals surface area contributed by atoms with Gasteiger partial charge in [-0.15, -0.1) is 0 Å². The van der Waals surface area contributed by atoms with Crippen LogP contribution in [0.4, 0.5) is 5.95 Å². The lowest BCUT2D eigenvalue weighted by atomic mass is 9.97. The summed E-state index contributed by atoms with van der Waals surface area (Å²) in [7, 11) is 6.23. The average Bonchev–Trinajstić information content (AvgIpc) is 2.40. The summed E-state index contributed by atoms with van der Waals surface area (Å²) in [5.41, 5.74) is 1.13. The highest BCUT2D eigenvalue weighted by Crippen LogP contribution is 2.20. The topological polar surface area (TPSA) is 44.3 Å². The Bertz CT molecular complexity index is 368. The van der Waals surface area contributed by atoms with Crippen LogP contribution in [-0.4, -0.2) is 55.6 Å². The number of nitrogens with one attached hydrogen (secondary N) is 1. The molecule has 1 aromatic rings. The van der Waals surface area contributed by atoms with Crippen LogP contribution in [0.3, 0.4) is 0 Å². The van der Waals surface area contributed by atoms with Gasteiger partial charge in [0.2, 0.25) is 5.95 Å². The van der Waals surface area contributed by atoms with E-state index in [2.05, 4.69) is 39.2 Å². The van der Waals surface area contributed by atoms with Crippen molar-refractivity contribution < 1.29 is 0 Å². The molecule has 1 N–H and O–H groups in total. The highest BCUT2D eigenvalue weighted by molar-refractivity contribution is 5.30. The second-order valence-corrected chi connectivity index (χ2v) is 5.61. The number of hydrogen-bond acceptors (Lipinski definition) is 5. The van der Waals surface area contributed by atoms with Gasteiger partial charge in [0.25, 0.3) is 0 Å². The molecule has 1 aliphatic heterocycles. The maximum Gasteiger partial charge on any atom is 0.225 e. The number of rotatable bonds is 5. The molecule has 5 heteroatoms. The molecule has 0 unspecified atom stereocenters. The van der Waals surface area contributed by atoms with Gasteiger partial charge < -0.3 is 15.1 Å². The van der Waals surface area contributed by atoms with Crippen LogP contribution in [0.2, 0.25) is 0 Å². The first-order valence-corrected chi connectivity index (χ1v) is 7.04. The molecule has 0 aliphatic carbocycles. The molecule has 106 valence electrons. The quantitative estimate of drug-likeness (QED) is 0.858. The van der Waals surface area contributed by atoms with E-state index in [4.69, 9.17) is 0 Å². The van der Waals surface area contributed by atoms with Crippen molar-refractivity contribution in [2.45, 2.75) is 19.4 Å². The van der Waals surface area contributed by atoms with Gasteiger partial charge >= 0.3 is 0 Å². The fourth-order valence-corrected chi connectivity index (χ4v) is 2.64. The lowest BCUT2D eigenvalue weighted by Gasteiger charge is -2.33. The van der Waals surface area contributed by atoms with Crippen LogP contribution in [0.25, 0.3) is 0 Å². The van der Waals surface area contributed by atoms with Crippen molar-refractivity contribution in [3.05, 3.63) is 18.0 Å². The van der Waals surface area contributed by atoms with Crippen LogP contribution in [0.5, 0.6) is 0 Å². The van der Waals surface area contributed by atoms with E-state index in [9.17, 15) is 0 Å². The lowest BCUT2D eigenvalue weighted by molar-refractivity contribution is 0.284. The Morgan fingerprint density at radius 3 is 2.42 bits per heavy atom.